The molecule has 1 aliphatic carbocycles. The van der Waals surface area contributed by atoms with Crippen LogP contribution >= 0.6 is 0 Å². The fourth-order valence-corrected chi connectivity index (χ4v) is 3.21. The van der Waals surface area contributed by atoms with Crippen LogP contribution in [0.4, 0.5) is 0 Å². The topological polar surface area (TPSA) is 54.1 Å². The molecule has 1 aromatic heterocycles. The zero-order valence-corrected chi connectivity index (χ0v) is 13.5. The van der Waals surface area contributed by atoms with Crippen LogP contribution in [0.3, 0.4) is 0 Å². The van der Waals surface area contributed by atoms with Gasteiger partial charge in [-0.1, -0.05) is 6.92 Å². The van der Waals surface area contributed by atoms with E-state index >= 15 is 0 Å². The van der Waals surface area contributed by atoms with Crippen LogP contribution in [0, 0.1) is 5.92 Å². The smallest absolute Gasteiger partial charge is 0.223 e. The minimum Gasteiger partial charge on any atom is -0.497 e. The predicted octanol–water partition coefficient (Wildman–Crippen LogP) is 3.20. The number of ether oxygens (including phenoxy) is 1. The molecule has 2 aromatic rings. The number of aromatic nitrogens is 1. The number of hydrogen-bond donors (Lipinski definition) is 2. The van der Waals surface area contributed by atoms with Gasteiger partial charge in [-0.05, 0) is 56.4 Å². The molecule has 0 aliphatic heterocycles. The zero-order valence-electron chi connectivity index (χ0n) is 13.5. The Labute approximate surface area is 131 Å². The Kier molecular flexibility index (Phi) is 4.10. The summed E-state index contributed by atoms with van der Waals surface area (Å²) in [5.74, 6) is 1.13. The molecular formula is C18H24N2O2. The molecule has 118 valence electrons. The van der Waals surface area contributed by atoms with E-state index in [1.54, 1.807) is 7.11 Å². The summed E-state index contributed by atoms with van der Waals surface area (Å²) in [5, 5.41) is 4.31. The Bertz CT molecular complexity index is 690. The lowest BCUT2D eigenvalue weighted by Crippen LogP contribution is -2.38. The SMILES string of the molecule is CCC(C)NC(=O)C1CCc2[nH]c3ccc(OC)cc3c2C1. The molecule has 0 spiro atoms. The lowest BCUT2D eigenvalue weighted by Gasteiger charge is -2.23. The lowest BCUT2D eigenvalue weighted by atomic mass is 9.85. The number of hydrogen-bond acceptors (Lipinski definition) is 2. The van der Waals surface area contributed by atoms with E-state index in [-0.39, 0.29) is 17.9 Å². The van der Waals surface area contributed by atoms with Gasteiger partial charge in [0.25, 0.3) is 0 Å². The molecule has 1 aliphatic rings. The van der Waals surface area contributed by atoms with Gasteiger partial charge >= 0.3 is 0 Å². The van der Waals surface area contributed by atoms with E-state index in [2.05, 4.69) is 36.3 Å². The first kappa shape index (κ1) is 14.9. The molecule has 4 heteroatoms. The third-order valence-corrected chi connectivity index (χ3v) is 4.77. The Balaban J connectivity index is 1.86. The minimum absolute atomic E-state index is 0.0756. The summed E-state index contributed by atoms with van der Waals surface area (Å²) >= 11 is 0. The lowest BCUT2D eigenvalue weighted by molar-refractivity contribution is -0.125. The molecular weight excluding hydrogens is 276 g/mol. The van der Waals surface area contributed by atoms with Gasteiger partial charge in [0.05, 0.1) is 7.11 Å². The van der Waals surface area contributed by atoms with E-state index in [9.17, 15) is 4.79 Å². The van der Waals surface area contributed by atoms with Crippen LogP contribution in [0.2, 0.25) is 0 Å². The number of aryl methyl sites for hydroxylation is 1. The van der Waals surface area contributed by atoms with Gasteiger partial charge in [0.2, 0.25) is 5.91 Å². The molecule has 1 aromatic carbocycles. The Morgan fingerprint density at radius 2 is 2.32 bits per heavy atom. The molecule has 2 N–H and O–H groups in total. The minimum atomic E-state index is 0.0756. The molecule has 0 radical (unpaired) electrons. The van der Waals surface area contributed by atoms with Gasteiger partial charge in [-0.3, -0.25) is 4.79 Å². The van der Waals surface area contributed by atoms with Crippen molar-refractivity contribution < 1.29 is 9.53 Å². The third kappa shape index (κ3) is 2.70. The van der Waals surface area contributed by atoms with E-state index in [0.717, 1.165) is 36.9 Å². The summed E-state index contributed by atoms with van der Waals surface area (Å²) in [6.45, 7) is 4.15. The molecule has 0 saturated heterocycles. The number of rotatable bonds is 4. The Hall–Kier alpha value is -1.97. The van der Waals surface area contributed by atoms with E-state index in [1.165, 1.54) is 16.6 Å². The number of aromatic amines is 1. The van der Waals surface area contributed by atoms with Crippen molar-refractivity contribution in [2.24, 2.45) is 5.92 Å². The number of amides is 1. The monoisotopic (exact) mass is 300 g/mol. The standard InChI is InChI=1S/C18H24N2O2/c1-4-11(2)19-18(21)12-5-7-16-14(9-12)15-10-13(22-3)6-8-17(15)20-16/h6,8,10-12,20H,4-5,7,9H2,1-3H3,(H,19,21). The van der Waals surface area contributed by atoms with Gasteiger partial charge in [-0.2, -0.15) is 0 Å². The quantitative estimate of drug-likeness (QED) is 0.911. The van der Waals surface area contributed by atoms with Crippen molar-refractivity contribution in [3.05, 3.63) is 29.5 Å². The second kappa shape index (κ2) is 6.03. The third-order valence-electron chi connectivity index (χ3n) is 4.77. The van der Waals surface area contributed by atoms with Crippen LogP contribution in [0.15, 0.2) is 18.2 Å². The predicted molar refractivity (Wildman–Crippen MR) is 88.3 cm³/mol. The normalized spacial score (nSPS) is 18.8. The van der Waals surface area contributed by atoms with E-state index in [1.807, 2.05) is 6.07 Å². The Morgan fingerprint density at radius 1 is 1.50 bits per heavy atom. The first-order valence-electron chi connectivity index (χ1n) is 8.10. The largest absolute Gasteiger partial charge is 0.497 e. The van der Waals surface area contributed by atoms with Gasteiger partial charge in [-0.25, -0.2) is 0 Å². The fraction of sp³-hybridized carbons (Fsp3) is 0.500. The molecule has 1 heterocycles. The highest BCUT2D eigenvalue weighted by Crippen LogP contribution is 2.33. The molecule has 0 bridgehead atoms. The zero-order chi connectivity index (χ0) is 15.7. The molecule has 3 rings (SSSR count). The number of methoxy groups -OCH3 is 1. The van der Waals surface area contributed by atoms with Gasteiger partial charge < -0.3 is 15.0 Å². The summed E-state index contributed by atoms with van der Waals surface area (Å²) in [6, 6.07) is 6.34. The van der Waals surface area contributed by atoms with Crippen LogP contribution in [0.1, 0.15) is 37.9 Å². The summed E-state index contributed by atoms with van der Waals surface area (Å²) in [6.07, 6.45) is 3.63. The van der Waals surface area contributed by atoms with E-state index in [4.69, 9.17) is 4.74 Å². The highest BCUT2D eigenvalue weighted by Gasteiger charge is 2.27. The maximum Gasteiger partial charge on any atom is 0.223 e. The summed E-state index contributed by atoms with van der Waals surface area (Å²) < 4.78 is 5.33. The van der Waals surface area contributed by atoms with Crippen LogP contribution in [-0.4, -0.2) is 24.0 Å². The first-order chi connectivity index (χ1) is 10.6. The molecule has 0 saturated carbocycles. The van der Waals surface area contributed by atoms with Gasteiger partial charge in [0.1, 0.15) is 5.75 Å². The van der Waals surface area contributed by atoms with Crippen molar-refractivity contribution in [3.63, 3.8) is 0 Å². The number of carbonyl (C=O) groups is 1. The van der Waals surface area contributed by atoms with Crippen molar-refractivity contribution in [2.45, 2.75) is 45.6 Å². The molecule has 0 fully saturated rings. The number of H-pyrrole nitrogens is 1. The van der Waals surface area contributed by atoms with E-state index in [0.29, 0.717) is 0 Å². The second-order valence-corrected chi connectivity index (χ2v) is 6.25. The fourth-order valence-electron chi connectivity index (χ4n) is 3.21. The van der Waals surface area contributed by atoms with Crippen LogP contribution in [0.5, 0.6) is 5.75 Å². The van der Waals surface area contributed by atoms with Gasteiger partial charge in [0, 0.05) is 28.6 Å². The number of fused-ring (bicyclic) bond motifs is 3. The van der Waals surface area contributed by atoms with Gasteiger partial charge in [-0.15, -0.1) is 0 Å². The molecule has 2 unspecified atom stereocenters. The van der Waals surface area contributed by atoms with Crippen molar-refractivity contribution >= 4 is 16.8 Å². The highest BCUT2D eigenvalue weighted by atomic mass is 16.5. The summed E-state index contributed by atoms with van der Waals surface area (Å²) in [5.41, 5.74) is 3.69. The second-order valence-electron chi connectivity index (χ2n) is 6.25. The average molecular weight is 300 g/mol. The number of benzene rings is 1. The summed E-state index contributed by atoms with van der Waals surface area (Å²) in [4.78, 5) is 15.9. The van der Waals surface area contributed by atoms with Crippen molar-refractivity contribution in [2.75, 3.05) is 7.11 Å². The van der Waals surface area contributed by atoms with Gasteiger partial charge in [0.15, 0.2) is 0 Å². The number of carbonyl (C=O) groups excluding carboxylic acids is 1. The van der Waals surface area contributed by atoms with Crippen molar-refractivity contribution in [1.82, 2.24) is 10.3 Å². The highest BCUT2D eigenvalue weighted by molar-refractivity contribution is 5.88. The van der Waals surface area contributed by atoms with Crippen LogP contribution in [0.25, 0.3) is 10.9 Å². The molecule has 22 heavy (non-hydrogen) atoms. The van der Waals surface area contributed by atoms with Crippen LogP contribution < -0.4 is 10.1 Å². The average Bonchev–Trinajstić information content (AvgIpc) is 2.91. The number of nitrogens with one attached hydrogen (secondary N) is 2. The maximum atomic E-state index is 12.4. The molecule has 1 amide bonds. The van der Waals surface area contributed by atoms with Crippen molar-refractivity contribution in [1.29, 1.82) is 0 Å². The Morgan fingerprint density at radius 3 is 3.05 bits per heavy atom. The van der Waals surface area contributed by atoms with E-state index < -0.39 is 0 Å². The summed E-state index contributed by atoms with van der Waals surface area (Å²) in [7, 11) is 1.68. The first-order valence-corrected chi connectivity index (χ1v) is 8.10. The maximum absolute atomic E-state index is 12.4. The molecule has 2 atom stereocenters. The molecule has 4 nitrogen and oxygen atoms in total. The van der Waals surface area contributed by atoms with Crippen molar-refractivity contribution in [3.8, 4) is 5.75 Å². The van der Waals surface area contributed by atoms with Crippen LogP contribution in [-0.2, 0) is 17.6 Å².